The summed E-state index contributed by atoms with van der Waals surface area (Å²) in [5.41, 5.74) is 6.82. The Morgan fingerprint density at radius 3 is 2.11 bits per heavy atom. The summed E-state index contributed by atoms with van der Waals surface area (Å²) in [7, 11) is 0. The third kappa shape index (κ3) is 2.59. The molecule has 3 heteroatoms. The predicted octanol–water partition coefficient (Wildman–Crippen LogP) is 1.78. The average molecular weight is 253 g/mol. The van der Waals surface area contributed by atoms with Gasteiger partial charge in [0.05, 0.1) is 0 Å². The van der Waals surface area contributed by atoms with E-state index < -0.39 is 0 Å². The van der Waals surface area contributed by atoms with Crippen molar-refractivity contribution in [3.8, 4) is 0 Å². The Morgan fingerprint density at radius 1 is 1.17 bits per heavy atom. The molecule has 18 heavy (non-hydrogen) atoms. The molecule has 3 nitrogen and oxygen atoms in total. The summed E-state index contributed by atoms with van der Waals surface area (Å²) in [6.45, 7) is 16.3. The molecule has 1 aliphatic carbocycles. The maximum absolute atomic E-state index is 6.12. The van der Waals surface area contributed by atoms with Crippen LogP contribution in [0.5, 0.6) is 0 Å². The van der Waals surface area contributed by atoms with Gasteiger partial charge in [0, 0.05) is 44.8 Å². The zero-order chi connectivity index (χ0) is 13.4. The van der Waals surface area contributed by atoms with Gasteiger partial charge in [-0.2, -0.15) is 0 Å². The second-order valence-electron chi connectivity index (χ2n) is 7.22. The smallest absolute Gasteiger partial charge is 0.0358 e. The SMILES string of the molecule is CC(C)CN1CCN(C(C)(CN)C2(C)CC2)CC1. The van der Waals surface area contributed by atoms with E-state index in [0.717, 1.165) is 12.5 Å². The molecule has 1 saturated carbocycles. The Bertz CT molecular complexity index is 277. The Balaban J connectivity index is 1.92. The van der Waals surface area contributed by atoms with Crippen LogP contribution in [0.25, 0.3) is 0 Å². The number of rotatable bonds is 5. The van der Waals surface area contributed by atoms with Crippen LogP contribution in [0.4, 0.5) is 0 Å². The van der Waals surface area contributed by atoms with Gasteiger partial charge in [-0.1, -0.05) is 20.8 Å². The molecule has 1 unspecified atom stereocenters. The number of hydrogen-bond donors (Lipinski definition) is 1. The average Bonchev–Trinajstić information content (AvgIpc) is 3.08. The lowest BCUT2D eigenvalue weighted by Crippen LogP contribution is -2.62. The van der Waals surface area contributed by atoms with E-state index in [1.165, 1.54) is 45.6 Å². The molecular weight excluding hydrogens is 222 g/mol. The van der Waals surface area contributed by atoms with Crippen LogP contribution in [0.2, 0.25) is 0 Å². The van der Waals surface area contributed by atoms with Gasteiger partial charge in [-0.15, -0.1) is 0 Å². The molecule has 2 fully saturated rings. The first-order valence-electron chi connectivity index (χ1n) is 7.59. The van der Waals surface area contributed by atoms with Gasteiger partial charge < -0.3 is 10.6 Å². The Kier molecular flexibility index (Phi) is 4.05. The predicted molar refractivity (Wildman–Crippen MR) is 77.7 cm³/mol. The van der Waals surface area contributed by atoms with Gasteiger partial charge >= 0.3 is 0 Å². The van der Waals surface area contributed by atoms with Crippen molar-refractivity contribution in [3.63, 3.8) is 0 Å². The third-order valence-electron chi connectivity index (χ3n) is 5.39. The third-order valence-corrected chi connectivity index (χ3v) is 5.39. The van der Waals surface area contributed by atoms with Crippen molar-refractivity contribution in [2.75, 3.05) is 39.3 Å². The second-order valence-corrected chi connectivity index (χ2v) is 7.22. The quantitative estimate of drug-likeness (QED) is 0.810. The lowest BCUT2D eigenvalue weighted by atomic mass is 9.81. The van der Waals surface area contributed by atoms with Crippen LogP contribution >= 0.6 is 0 Å². The van der Waals surface area contributed by atoms with E-state index in [0.29, 0.717) is 5.41 Å². The van der Waals surface area contributed by atoms with Gasteiger partial charge in [0.2, 0.25) is 0 Å². The number of hydrogen-bond acceptors (Lipinski definition) is 3. The van der Waals surface area contributed by atoms with Crippen molar-refractivity contribution in [3.05, 3.63) is 0 Å². The van der Waals surface area contributed by atoms with E-state index >= 15 is 0 Å². The highest BCUT2D eigenvalue weighted by atomic mass is 15.3. The highest BCUT2D eigenvalue weighted by Gasteiger charge is 2.55. The van der Waals surface area contributed by atoms with Crippen molar-refractivity contribution in [2.24, 2.45) is 17.1 Å². The Labute approximate surface area is 113 Å². The molecule has 0 bridgehead atoms. The fourth-order valence-electron chi connectivity index (χ4n) is 3.42. The van der Waals surface area contributed by atoms with Crippen molar-refractivity contribution >= 4 is 0 Å². The van der Waals surface area contributed by atoms with E-state index in [1.807, 2.05) is 0 Å². The van der Waals surface area contributed by atoms with Crippen LogP contribution < -0.4 is 5.73 Å². The standard InChI is InChI=1S/C15H31N3/c1-13(2)11-17-7-9-18(10-8-17)15(4,12-16)14(3)5-6-14/h13H,5-12,16H2,1-4H3. The van der Waals surface area contributed by atoms with E-state index in [4.69, 9.17) is 5.73 Å². The molecule has 0 spiro atoms. The van der Waals surface area contributed by atoms with Crippen molar-refractivity contribution in [1.82, 2.24) is 9.80 Å². The van der Waals surface area contributed by atoms with Crippen molar-refractivity contribution in [2.45, 2.75) is 46.1 Å². The van der Waals surface area contributed by atoms with Crippen LogP contribution in [-0.2, 0) is 0 Å². The summed E-state index contributed by atoms with van der Waals surface area (Å²) in [4.78, 5) is 5.27. The van der Waals surface area contributed by atoms with Gasteiger partial charge in [-0.05, 0) is 31.1 Å². The van der Waals surface area contributed by atoms with Crippen LogP contribution in [0, 0.1) is 11.3 Å². The normalized spacial score (nSPS) is 28.3. The number of piperazine rings is 1. The lowest BCUT2D eigenvalue weighted by molar-refractivity contribution is 0.00312. The van der Waals surface area contributed by atoms with E-state index in [1.54, 1.807) is 0 Å². The summed E-state index contributed by atoms with van der Waals surface area (Å²) in [5.74, 6) is 0.776. The van der Waals surface area contributed by atoms with Crippen LogP contribution in [0.1, 0.15) is 40.5 Å². The fraction of sp³-hybridized carbons (Fsp3) is 1.00. The molecule has 0 radical (unpaired) electrons. The second kappa shape index (κ2) is 5.10. The zero-order valence-corrected chi connectivity index (χ0v) is 12.7. The summed E-state index contributed by atoms with van der Waals surface area (Å²) in [5, 5.41) is 0. The Hall–Kier alpha value is -0.120. The first-order valence-corrected chi connectivity index (χ1v) is 7.59. The lowest BCUT2D eigenvalue weighted by Gasteiger charge is -2.49. The minimum absolute atomic E-state index is 0.219. The van der Waals surface area contributed by atoms with Crippen molar-refractivity contribution < 1.29 is 0 Å². The Morgan fingerprint density at radius 2 is 1.72 bits per heavy atom. The van der Waals surface area contributed by atoms with Crippen molar-refractivity contribution in [1.29, 1.82) is 0 Å². The molecule has 1 atom stereocenters. The molecule has 0 amide bonds. The van der Waals surface area contributed by atoms with E-state index in [2.05, 4.69) is 37.5 Å². The highest BCUT2D eigenvalue weighted by Crippen LogP contribution is 2.55. The summed E-state index contributed by atoms with van der Waals surface area (Å²) in [6.07, 6.45) is 2.71. The summed E-state index contributed by atoms with van der Waals surface area (Å²) < 4.78 is 0. The topological polar surface area (TPSA) is 32.5 Å². The molecule has 0 aromatic rings. The molecule has 106 valence electrons. The van der Waals surface area contributed by atoms with Crippen LogP contribution in [0.15, 0.2) is 0 Å². The molecule has 2 rings (SSSR count). The largest absolute Gasteiger partial charge is 0.329 e. The minimum Gasteiger partial charge on any atom is -0.329 e. The summed E-state index contributed by atoms with van der Waals surface area (Å²) >= 11 is 0. The molecule has 1 aliphatic heterocycles. The molecule has 1 saturated heterocycles. The van der Waals surface area contributed by atoms with Gasteiger partial charge in [0.1, 0.15) is 0 Å². The van der Waals surface area contributed by atoms with Crippen LogP contribution in [-0.4, -0.2) is 54.6 Å². The van der Waals surface area contributed by atoms with Crippen LogP contribution in [0.3, 0.4) is 0 Å². The molecule has 0 aromatic carbocycles. The van der Waals surface area contributed by atoms with Gasteiger partial charge in [-0.3, -0.25) is 4.90 Å². The minimum atomic E-state index is 0.219. The van der Waals surface area contributed by atoms with Gasteiger partial charge in [0.25, 0.3) is 0 Å². The molecule has 0 aromatic heterocycles. The fourth-order valence-corrected chi connectivity index (χ4v) is 3.42. The first kappa shape index (κ1) is 14.3. The number of nitrogens with zero attached hydrogens (tertiary/aromatic N) is 2. The molecule has 1 heterocycles. The van der Waals surface area contributed by atoms with E-state index in [-0.39, 0.29) is 5.54 Å². The molecular formula is C15H31N3. The van der Waals surface area contributed by atoms with Gasteiger partial charge in [0.15, 0.2) is 0 Å². The molecule has 2 N–H and O–H groups in total. The summed E-state index contributed by atoms with van der Waals surface area (Å²) in [6, 6.07) is 0. The zero-order valence-electron chi connectivity index (χ0n) is 12.7. The highest BCUT2D eigenvalue weighted by molar-refractivity contribution is 5.10. The maximum atomic E-state index is 6.12. The molecule has 2 aliphatic rings. The monoisotopic (exact) mass is 253 g/mol. The van der Waals surface area contributed by atoms with E-state index in [9.17, 15) is 0 Å². The number of nitrogens with two attached hydrogens (primary N) is 1. The van der Waals surface area contributed by atoms with Gasteiger partial charge in [-0.25, -0.2) is 0 Å². The first-order chi connectivity index (χ1) is 8.41. The maximum Gasteiger partial charge on any atom is 0.0358 e.